The number of carbonyl (C=O) groups excluding carboxylic acids is 1. The van der Waals surface area contributed by atoms with Gasteiger partial charge in [-0.05, 0) is 43.0 Å². The van der Waals surface area contributed by atoms with Crippen LogP contribution in [0.3, 0.4) is 0 Å². The summed E-state index contributed by atoms with van der Waals surface area (Å²) in [5.41, 5.74) is -0.492. The normalized spacial score (nSPS) is 22.0. The quantitative estimate of drug-likeness (QED) is 0.459. The van der Waals surface area contributed by atoms with Gasteiger partial charge in [0.1, 0.15) is 11.8 Å². The van der Waals surface area contributed by atoms with Gasteiger partial charge in [0.2, 0.25) is 0 Å². The van der Waals surface area contributed by atoms with E-state index in [-0.39, 0.29) is 17.9 Å². The summed E-state index contributed by atoms with van der Waals surface area (Å²) < 4.78 is 51.1. The molecule has 1 amide bonds. The number of benzene rings is 2. The van der Waals surface area contributed by atoms with E-state index in [4.69, 9.17) is 9.47 Å². The van der Waals surface area contributed by atoms with Crippen molar-refractivity contribution >= 4 is 12.1 Å². The first-order chi connectivity index (χ1) is 17.7. The summed E-state index contributed by atoms with van der Waals surface area (Å²) in [4.78, 5) is 27.3. The van der Waals surface area contributed by atoms with Crippen LogP contribution in [0.15, 0.2) is 48.5 Å². The number of nitrogens with one attached hydrogen (secondary N) is 1. The molecule has 1 saturated heterocycles. The second kappa shape index (κ2) is 11.2. The number of hydrogen-bond donors (Lipinski definition) is 2. The summed E-state index contributed by atoms with van der Waals surface area (Å²) in [6, 6.07) is 9.56. The molecule has 1 aliphatic rings. The van der Waals surface area contributed by atoms with Crippen molar-refractivity contribution in [3.63, 3.8) is 0 Å². The van der Waals surface area contributed by atoms with Gasteiger partial charge >= 0.3 is 18.2 Å². The van der Waals surface area contributed by atoms with Gasteiger partial charge in [0.05, 0.1) is 24.8 Å². The Morgan fingerprint density at radius 1 is 1.08 bits per heavy atom. The Hall–Kier alpha value is -3.27. The summed E-state index contributed by atoms with van der Waals surface area (Å²) in [6.45, 7) is 8.95. The number of amides is 1. The highest BCUT2D eigenvalue weighted by molar-refractivity contribution is 5.82. The van der Waals surface area contributed by atoms with E-state index in [1.807, 2.05) is 20.8 Å². The monoisotopic (exact) mass is 536 g/mol. The number of aliphatic carboxylic acids is 1. The fourth-order valence-corrected chi connectivity index (χ4v) is 5.26. The highest BCUT2D eigenvalue weighted by atomic mass is 19.4. The topological polar surface area (TPSA) is 88.1 Å². The minimum atomic E-state index is -4.54. The highest BCUT2D eigenvalue weighted by Crippen LogP contribution is 2.48. The van der Waals surface area contributed by atoms with Crippen molar-refractivity contribution in [3.05, 3.63) is 65.2 Å². The maximum Gasteiger partial charge on any atom is 0.416 e. The number of halogens is 3. The molecule has 1 heterocycles. The second-order valence-electron chi connectivity index (χ2n) is 10.8. The molecule has 4 atom stereocenters. The molecule has 0 bridgehead atoms. The van der Waals surface area contributed by atoms with E-state index in [0.717, 1.165) is 12.1 Å². The van der Waals surface area contributed by atoms with Crippen LogP contribution < -0.4 is 10.1 Å². The minimum absolute atomic E-state index is 0.0485. The lowest BCUT2D eigenvalue weighted by Gasteiger charge is -2.35. The second-order valence-corrected chi connectivity index (χ2v) is 10.8. The number of likely N-dealkylation sites (tertiary alicyclic amines) is 1. The summed E-state index contributed by atoms with van der Waals surface area (Å²) in [5.74, 6) is -1.55. The van der Waals surface area contributed by atoms with Crippen molar-refractivity contribution in [2.45, 2.75) is 71.6 Å². The largest absolute Gasteiger partial charge is 0.496 e. The van der Waals surface area contributed by atoms with E-state index in [9.17, 15) is 27.9 Å². The Bertz CT molecular complexity index is 1130. The van der Waals surface area contributed by atoms with Crippen molar-refractivity contribution in [2.24, 2.45) is 11.3 Å². The fourth-order valence-electron chi connectivity index (χ4n) is 5.26. The molecule has 0 saturated carbocycles. The van der Waals surface area contributed by atoms with Crippen molar-refractivity contribution in [1.82, 2.24) is 10.2 Å². The van der Waals surface area contributed by atoms with Gasteiger partial charge in [0, 0.05) is 24.1 Å². The summed E-state index contributed by atoms with van der Waals surface area (Å²) in [7, 11) is 1.37. The molecule has 2 aromatic rings. The Kier molecular flexibility index (Phi) is 8.65. The van der Waals surface area contributed by atoms with Crippen molar-refractivity contribution < 1.29 is 37.3 Å². The molecule has 3 rings (SSSR count). The van der Waals surface area contributed by atoms with Gasteiger partial charge in [-0.1, -0.05) is 51.1 Å². The molecule has 0 spiro atoms. The van der Waals surface area contributed by atoms with Crippen LogP contribution in [0.25, 0.3) is 0 Å². The fraction of sp³-hybridized carbons (Fsp3) is 0.500. The van der Waals surface area contributed by atoms with Crippen molar-refractivity contribution in [3.8, 4) is 5.75 Å². The van der Waals surface area contributed by atoms with Gasteiger partial charge in [-0.2, -0.15) is 13.2 Å². The third-order valence-electron chi connectivity index (χ3n) is 6.74. The lowest BCUT2D eigenvalue weighted by atomic mass is 9.72. The maximum atomic E-state index is 13.4. The molecule has 10 heteroatoms. The zero-order chi connectivity index (χ0) is 28.4. The molecule has 7 nitrogen and oxygen atoms in total. The van der Waals surface area contributed by atoms with Gasteiger partial charge in [-0.3, -0.25) is 4.90 Å². The SMILES string of the molecule is COc1ccc(C(F)(F)F)cc1CNC1C(c2ccccc2)N(C(=O)OC(C)C)C(C(=O)O)C1C(C)(C)C. The number of carboxylic acid groups (broad SMARTS) is 1. The van der Waals surface area contributed by atoms with E-state index in [0.29, 0.717) is 5.56 Å². The first-order valence-electron chi connectivity index (χ1n) is 12.4. The van der Waals surface area contributed by atoms with Crippen LogP contribution in [0, 0.1) is 11.3 Å². The molecule has 0 radical (unpaired) electrons. The van der Waals surface area contributed by atoms with E-state index in [1.165, 1.54) is 18.1 Å². The molecule has 0 aromatic heterocycles. The van der Waals surface area contributed by atoms with E-state index in [2.05, 4.69) is 5.32 Å². The molecule has 208 valence electrons. The number of carbonyl (C=O) groups is 2. The lowest BCUT2D eigenvalue weighted by molar-refractivity contribution is -0.145. The number of nitrogens with zero attached hydrogens (tertiary/aromatic N) is 1. The molecule has 2 N–H and O–H groups in total. The molecule has 4 unspecified atom stereocenters. The zero-order valence-corrected chi connectivity index (χ0v) is 22.4. The first kappa shape index (κ1) is 29.3. The minimum Gasteiger partial charge on any atom is -0.496 e. The van der Waals surface area contributed by atoms with Crippen molar-refractivity contribution in [2.75, 3.05) is 7.11 Å². The summed E-state index contributed by atoms with van der Waals surface area (Å²) in [5, 5.41) is 13.7. The van der Waals surface area contributed by atoms with Crippen LogP contribution >= 0.6 is 0 Å². The number of alkyl halides is 3. The maximum absolute atomic E-state index is 13.4. The lowest BCUT2D eigenvalue weighted by Crippen LogP contribution is -2.48. The molecule has 0 aliphatic carbocycles. The van der Waals surface area contributed by atoms with Gasteiger partial charge in [0.25, 0.3) is 0 Å². The highest BCUT2D eigenvalue weighted by Gasteiger charge is 2.58. The van der Waals surface area contributed by atoms with Crippen LogP contribution in [0.5, 0.6) is 5.75 Å². The third-order valence-corrected chi connectivity index (χ3v) is 6.74. The molecular formula is C28H35F3N2O5. The predicted molar refractivity (Wildman–Crippen MR) is 136 cm³/mol. The van der Waals surface area contributed by atoms with Crippen LogP contribution in [-0.4, -0.2) is 47.4 Å². The number of carboxylic acids is 1. The van der Waals surface area contributed by atoms with Crippen molar-refractivity contribution in [1.29, 1.82) is 0 Å². The number of methoxy groups -OCH3 is 1. The van der Waals surface area contributed by atoms with E-state index >= 15 is 0 Å². The van der Waals surface area contributed by atoms with Crippen LogP contribution in [0.4, 0.5) is 18.0 Å². The standard InChI is InChI=1S/C28H35F3N2O5/c1-16(2)38-26(36)33-23(17-10-8-7-9-11-17)22(21(27(3,4)5)24(33)25(34)35)32-15-18-14-19(28(29,30)31)12-13-20(18)37-6/h7-14,16,21-24,32H,15H2,1-6H3,(H,34,35). The predicted octanol–water partition coefficient (Wildman–Crippen LogP) is 5.89. The number of ether oxygens (including phenoxy) is 2. The summed E-state index contributed by atoms with van der Waals surface area (Å²) >= 11 is 0. The van der Waals surface area contributed by atoms with Gasteiger partial charge in [-0.25, -0.2) is 9.59 Å². The van der Waals surface area contributed by atoms with Crippen LogP contribution in [0.1, 0.15) is 57.4 Å². The Labute approximate surface area is 220 Å². The van der Waals surface area contributed by atoms with Crippen LogP contribution in [0.2, 0.25) is 0 Å². The number of hydrogen-bond acceptors (Lipinski definition) is 5. The average Bonchev–Trinajstić information content (AvgIpc) is 3.18. The zero-order valence-electron chi connectivity index (χ0n) is 22.4. The Morgan fingerprint density at radius 3 is 2.21 bits per heavy atom. The van der Waals surface area contributed by atoms with Gasteiger partial charge < -0.3 is 19.9 Å². The third kappa shape index (κ3) is 6.23. The Balaban J connectivity index is 2.14. The van der Waals surface area contributed by atoms with E-state index in [1.54, 1.807) is 44.2 Å². The molecule has 1 aliphatic heterocycles. The molecule has 1 fully saturated rings. The van der Waals surface area contributed by atoms with Crippen LogP contribution in [-0.2, 0) is 22.3 Å². The van der Waals surface area contributed by atoms with Gasteiger partial charge in [0.15, 0.2) is 0 Å². The summed E-state index contributed by atoms with van der Waals surface area (Å²) in [6.07, 6.45) is -5.79. The van der Waals surface area contributed by atoms with Gasteiger partial charge in [-0.15, -0.1) is 0 Å². The molecule has 2 aromatic carbocycles. The first-order valence-corrected chi connectivity index (χ1v) is 12.4. The smallest absolute Gasteiger partial charge is 0.416 e. The van der Waals surface area contributed by atoms with E-state index < -0.39 is 59.4 Å². The Morgan fingerprint density at radius 2 is 1.71 bits per heavy atom. The number of rotatable bonds is 7. The molecular weight excluding hydrogens is 501 g/mol. The average molecular weight is 537 g/mol. The molecule has 38 heavy (non-hydrogen) atoms.